The summed E-state index contributed by atoms with van der Waals surface area (Å²) in [4.78, 5) is 35.2. The second kappa shape index (κ2) is 9.50. The highest BCUT2D eigenvalue weighted by atomic mass is 16.5. The molecule has 1 heterocycles. The molecule has 0 unspecified atom stereocenters. The fourth-order valence-electron chi connectivity index (χ4n) is 2.55. The first-order valence-electron chi connectivity index (χ1n) is 8.92. The summed E-state index contributed by atoms with van der Waals surface area (Å²) in [5.74, 6) is -1.39. The number of urea groups is 1. The first kappa shape index (κ1) is 20.9. The van der Waals surface area contributed by atoms with Gasteiger partial charge < -0.3 is 10.1 Å². The molecule has 1 aromatic carbocycles. The fraction of sp³-hybridized carbons (Fsp3) is 0.300. The monoisotopic (exact) mass is 384 g/mol. The second-order valence-electron chi connectivity index (χ2n) is 6.09. The minimum Gasteiger partial charge on any atom is -0.449 e. The molecule has 3 amide bonds. The number of hydrogen-bond acceptors (Lipinski definition) is 5. The van der Waals surface area contributed by atoms with E-state index in [9.17, 15) is 14.4 Å². The molecule has 0 radical (unpaired) electrons. The van der Waals surface area contributed by atoms with Crippen LogP contribution in [0.5, 0.6) is 0 Å². The number of amides is 3. The number of carbonyl (C=O) groups excluding carboxylic acids is 3. The van der Waals surface area contributed by atoms with Crippen molar-refractivity contribution in [3.8, 4) is 5.69 Å². The Morgan fingerprint density at radius 1 is 1.21 bits per heavy atom. The molecule has 8 nitrogen and oxygen atoms in total. The molecule has 0 aliphatic carbocycles. The lowest BCUT2D eigenvalue weighted by molar-refractivity contribution is -0.149. The third-order valence-corrected chi connectivity index (χ3v) is 3.97. The summed E-state index contributed by atoms with van der Waals surface area (Å²) in [6, 6.07) is 9.02. The van der Waals surface area contributed by atoms with Gasteiger partial charge in [-0.2, -0.15) is 5.10 Å². The van der Waals surface area contributed by atoms with Crippen LogP contribution in [0.3, 0.4) is 0 Å². The largest absolute Gasteiger partial charge is 0.449 e. The van der Waals surface area contributed by atoms with E-state index in [2.05, 4.69) is 15.7 Å². The van der Waals surface area contributed by atoms with Crippen LogP contribution < -0.4 is 10.6 Å². The minimum absolute atomic E-state index is 0.380. The van der Waals surface area contributed by atoms with Crippen LogP contribution in [0.2, 0.25) is 0 Å². The number of para-hydroxylation sites is 1. The van der Waals surface area contributed by atoms with Crippen LogP contribution >= 0.6 is 0 Å². The summed E-state index contributed by atoms with van der Waals surface area (Å²) in [6.45, 7) is 7.25. The number of benzene rings is 1. The average molecular weight is 384 g/mol. The molecule has 0 saturated heterocycles. The van der Waals surface area contributed by atoms with Gasteiger partial charge in [0.05, 0.1) is 11.4 Å². The number of ether oxygens (including phenoxy) is 1. The molecule has 8 heteroatoms. The molecule has 0 saturated carbocycles. The smallest absolute Gasteiger partial charge is 0.331 e. The fourth-order valence-corrected chi connectivity index (χ4v) is 2.55. The predicted octanol–water partition coefficient (Wildman–Crippen LogP) is 2.28. The number of nitrogens with zero attached hydrogens (tertiary/aromatic N) is 2. The van der Waals surface area contributed by atoms with Gasteiger partial charge in [0.1, 0.15) is 0 Å². The van der Waals surface area contributed by atoms with Crippen molar-refractivity contribution in [1.82, 2.24) is 20.4 Å². The van der Waals surface area contributed by atoms with Gasteiger partial charge in [-0.3, -0.25) is 10.1 Å². The maximum Gasteiger partial charge on any atom is 0.331 e. The van der Waals surface area contributed by atoms with E-state index in [0.717, 1.165) is 22.6 Å². The lowest BCUT2D eigenvalue weighted by Gasteiger charge is -2.11. The highest BCUT2D eigenvalue weighted by Crippen LogP contribution is 2.19. The van der Waals surface area contributed by atoms with E-state index in [-0.39, 0.29) is 0 Å². The van der Waals surface area contributed by atoms with Crippen LogP contribution in [0.25, 0.3) is 11.8 Å². The topological polar surface area (TPSA) is 102 Å². The number of aromatic nitrogens is 2. The number of esters is 1. The highest BCUT2D eigenvalue weighted by Gasteiger charge is 2.19. The summed E-state index contributed by atoms with van der Waals surface area (Å²) in [6.07, 6.45) is 1.74. The van der Waals surface area contributed by atoms with Crippen LogP contribution in [-0.4, -0.2) is 40.3 Å². The summed E-state index contributed by atoms with van der Waals surface area (Å²) >= 11 is 0. The normalized spacial score (nSPS) is 11.9. The van der Waals surface area contributed by atoms with Crippen molar-refractivity contribution in [3.05, 3.63) is 53.4 Å². The van der Waals surface area contributed by atoms with Gasteiger partial charge >= 0.3 is 12.0 Å². The van der Waals surface area contributed by atoms with Crippen molar-refractivity contribution >= 4 is 24.0 Å². The molecule has 0 bridgehead atoms. The van der Waals surface area contributed by atoms with Gasteiger partial charge in [-0.15, -0.1) is 0 Å². The summed E-state index contributed by atoms with van der Waals surface area (Å²) in [7, 11) is 0. The van der Waals surface area contributed by atoms with Gasteiger partial charge in [0.25, 0.3) is 5.91 Å². The highest BCUT2D eigenvalue weighted by molar-refractivity contribution is 5.98. The SMILES string of the molecule is CCNC(=O)NC(=O)[C@H](C)OC(=O)/C=C/c1c(C)nn(-c2ccccc2)c1C. The zero-order valence-corrected chi connectivity index (χ0v) is 16.4. The Hall–Kier alpha value is -3.42. The Morgan fingerprint density at radius 3 is 2.54 bits per heavy atom. The first-order chi connectivity index (χ1) is 13.3. The molecular weight excluding hydrogens is 360 g/mol. The third-order valence-electron chi connectivity index (χ3n) is 3.97. The Labute approximate surface area is 163 Å². The van der Waals surface area contributed by atoms with E-state index in [4.69, 9.17) is 4.74 Å². The van der Waals surface area contributed by atoms with Crippen molar-refractivity contribution in [2.45, 2.75) is 33.8 Å². The maximum atomic E-state index is 12.0. The lowest BCUT2D eigenvalue weighted by Crippen LogP contribution is -2.44. The van der Waals surface area contributed by atoms with Crippen molar-refractivity contribution in [1.29, 1.82) is 0 Å². The van der Waals surface area contributed by atoms with Gasteiger partial charge in [-0.05, 0) is 45.9 Å². The molecule has 28 heavy (non-hydrogen) atoms. The van der Waals surface area contributed by atoms with Gasteiger partial charge in [-0.25, -0.2) is 14.3 Å². The van der Waals surface area contributed by atoms with E-state index in [1.807, 2.05) is 44.2 Å². The van der Waals surface area contributed by atoms with Gasteiger partial charge in [0, 0.05) is 23.9 Å². The number of rotatable bonds is 6. The Bertz CT molecular complexity index is 887. The molecule has 2 N–H and O–H groups in total. The average Bonchev–Trinajstić information content (AvgIpc) is 2.94. The second-order valence-corrected chi connectivity index (χ2v) is 6.09. The molecule has 0 aliphatic heterocycles. The number of aryl methyl sites for hydroxylation is 1. The van der Waals surface area contributed by atoms with Crippen molar-refractivity contribution < 1.29 is 19.1 Å². The Kier molecular flexibility index (Phi) is 7.08. The van der Waals surface area contributed by atoms with E-state index in [1.165, 1.54) is 13.0 Å². The van der Waals surface area contributed by atoms with Crippen LogP contribution in [0, 0.1) is 13.8 Å². The van der Waals surface area contributed by atoms with Crippen molar-refractivity contribution in [2.24, 2.45) is 0 Å². The third kappa shape index (κ3) is 5.29. The first-order valence-corrected chi connectivity index (χ1v) is 8.92. The molecule has 2 aromatic rings. The van der Waals surface area contributed by atoms with Crippen LogP contribution in [0.15, 0.2) is 36.4 Å². The Balaban J connectivity index is 2.03. The quantitative estimate of drug-likeness (QED) is 0.588. The number of carbonyl (C=O) groups is 3. The summed E-state index contributed by atoms with van der Waals surface area (Å²) in [5.41, 5.74) is 3.34. The number of imide groups is 1. The Morgan fingerprint density at radius 2 is 1.89 bits per heavy atom. The molecule has 0 aliphatic rings. The molecule has 148 valence electrons. The van der Waals surface area contributed by atoms with Gasteiger partial charge in [0.2, 0.25) is 0 Å². The van der Waals surface area contributed by atoms with Gasteiger partial charge in [-0.1, -0.05) is 18.2 Å². The van der Waals surface area contributed by atoms with E-state index >= 15 is 0 Å². The molecule has 0 spiro atoms. The van der Waals surface area contributed by atoms with E-state index in [1.54, 1.807) is 17.7 Å². The van der Waals surface area contributed by atoms with E-state index < -0.39 is 24.0 Å². The van der Waals surface area contributed by atoms with Gasteiger partial charge in [0.15, 0.2) is 6.10 Å². The zero-order chi connectivity index (χ0) is 20.7. The predicted molar refractivity (Wildman–Crippen MR) is 105 cm³/mol. The lowest BCUT2D eigenvalue weighted by atomic mass is 10.2. The molecule has 1 atom stereocenters. The molecular formula is C20H24N4O4. The number of nitrogens with one attached hydrogen (secondary N) is 2. The standard InChI is InChI=1S/C20H24N4O4/c1-5-21-20(27)22-19(26)15(4)28-18(25)12-11-17-13(2)23-24(14(17)3)16-9-7-6-8-10-16/h6-12,15H,5H2,1-4H3,(H2,21,22,26,27)/b12-11+/t15-/m0/s1. The molecule has 1 aromatic heterocycles. The summed E-state index contributed by atoms with van der Waals surface area (Å²) < 4.78 is 6.83. The maximum absolute atomic E-state index is 12.0. The summed E-state index contributed by atoms with van der Waals surface area (Å²) in [5, 5.41) is 9.02. The molecule has 2 rings (SSSR count). The van der Waals surface area contributed by atoms with Crippen molar-refractivity contribution in [2.75, 3.05) is 6.54 Å². The minimum atomic E-state index is -1.10. The van der Waals surface area contributed by atoms with Crippen molar-refractivity contribution in [3.63, 3.8) is 0 Å². The molecule has 0 fully saturated rings. The number of hydrogen-bond donors (Lipinski definition) is 2. The van der Waals surface area contributed by atoms with Crippen LogP contribution in [0.1, 0.15) is 30.8 Å². The van der Waals surface area contributed by atoms with Crippen LogP contribution in [-0.2, 0) is 14.3 Å². The zero-order valence-electron chi connectivity index (χ0n) is 16.4. The van der Waals surface area contributed by atoms with E-state index in [0.29, 0.717) is 6.54 Å². The van der Waals surface area contributed by atoms with Crippen LogP contribution in [0.4, 0.5) is 4.79 Å².